The minimum absolute atomic E-state index is 0.210. The molecule has 5 nitrogen and oxygen atoms in total. The number of aryl methyl sites for hydroxylation is 1. The zero-order valence-corrected chi connectivity index (χ0v) is 13.8. The van der Waals surface area contributed by atoms with Crippen molar-refractivity contribution in [3.8, 4) is 0 Å². The van der Waals surface area contributed by atoms with Crippen LogP contribution in [0.3, 0.4) is 0 Å². The summed E-state index contributed by atoms with van der Waals surface area (Å²) in [5.41, 5.74) is 3.33. The molecule has 0 saturated carbocycles. The van der Waals surface area contributed by atoms with Crippen LogP contribution in [-0.4, -0.2) is 44.5 Å². The number of hydrogen-bond acceptors (Lipinski definition) is 4. The molecule has 0 bridgehead atoms. The van der Waals surface area contributed by atoms with Crippen LogP contribution in [0.5, 0.6) is 0 Å². The van der Waals surface area contributed by atoms with Gasteiger partial charge in [-0.15, -0.1) is 0 Å². The molecule has 124 valence electrons. The Hall–Kier alpha value is -2.24. The van der Waals surface area contributed by atoms with Crippen LogP contribution in [0.15, 0.2) is 48.8 Å². The first-order valence-electron chi connectivity index (χ1n) is 8.39. The molecular weight excluding hydrogens is 300 g/mol. The van der Waals surface area contributed by atoms with Crippen LogP contribution in [0.4, 0.5) is 0 Å². The summed E-state index contributed by atoms with van der Waals surface area (Å²) in [4.78, 5) is 7.16. The first kappa shape index (κ1) is 15.3. The molecule has 1 saturated heterocycles. The summed E-state index contributed by atoms with van der Waals surface area (Å²) in [6.45, 7) is 2.86. The number of hydrogen-bond donors (Lipinski definition) is 1. The summed E-state index contributed by atoms with van der Waals surface area (Å²) >= 11 is 0. The Morgan fingerprint density at radius 1 is 1.17 bits per heavy atom. The van der Waals surface area contributed by atoms with Crippen molar-refractivity contribution in [1.29, 1.82) is 0 Å². The van der Waals surface area contributed by atoms with E-state index >= 15 is 0 Å². The average molecular weight is 322 g/mol. The first-order chi connectivity index (χ1) is 11.7. The molecule has 3 heterocycles. The lowest BCUT2D eigenvalue weighted by atomic mass is 9.92. The molecule has 1 fully saturated rings. The molecule has 0 radical (unpaired) electrons. The molecule has 1 N–H and O–H groups in total. The van der Waals surface area contributed by atoms with Gasteiger partial charge in [0.2, 0.25) is 0 Å². The Kier molecular flexibility index (Phi) is 4.04. The van der Waals surface area contributed by atoms with Crippen molar-refractivity contribution in [3.05, 3.63) is 60.0 Å². The van der Waals surface area contributed by atoms with Gasteiger partial charge in [-0.05, 0) is 17.7 Å². The van der Waals surface area contributed by atoms with Gasteiger partial charge < -0.3 is 5.11 Å². The fourth-order valence-electron chi connectivity index (χ4n) is 3.71. The SMILES string of the molecule is Cn1cc([C@@H]2CN(Cc3ccc4ccccc4n3)C[C@H]2CO)cn1. The van der Waals surface area contributed by atoms with Gasteiger partial charge in [0, 0.05) is 56.7 Å². The smallest absolute Gasteiger partial charge is 0.0705 e. The topological polar surface area (TPSA) is 54.2 Å². The number of nitrogens with zero attached hydrogens (tertiary/aromatic N) is 4. The van der Waals surface area contributed by atoms with Gasteiger partial charge in [0.1, 0.15) is 0 Å². The number of aliphatic hydroxyl groups is 1. The Bertz CT molecular complexity index is 844. The van der Waals surface area contributed by atoms with Crippen LogP contribution in [0, 0.1) is 5.92 Å². The van der Waals surface area contributed by atoms with E-state index < -0.39 is 0 Å². The van der Waals surface area contributed by atoms with E-state index in [0.29, 0.717) is 5.92 Å². The molecular formula is C19H22N4O. The summed E-state index contributed by atoms with van der Waals surface area (Å²) in [5, 5.41) is 15.2. The number of pyridine rings is 1. The second-order valence-corrected chi connectivity index (χ2v) is 6.69. The molecule has 0 amide bonds. The normalized spacial score (nSPS) is 21.6. The number of rotatable bonds is 4. The molecule has 5 heteroatoms. The third-order valence-corrected chi connectivity index (χ3v) is 4.95. The van der Waals surface area contributed by atoms with Gasteiger partial charge in [0.05, 0.1) is 17.4 Å². The monoisotopic (exact) mass is 322 g/mol. The fourth-order valence-corrected chi connectivity index (χ4v) is 3.71. The molecule has 4 rings (SSSR count). The van der Waals surface area contributed by atoms with E-state index in [4.69, 9.17) is 4.98 Å². The van der Waals surface area contributed by atoms with Gasteiger partial charge in [-0.25, -0.2) is 0 Å². The number of aliphatic hydroxyl groups excluding tert-OH is 1. The second-order valence-electron chi connectivity index (χ2n) is 6.69. The Labute approximate surface area is 141 Å². The number of benzene rings is 1. The molecule has 1 aliphatic rings. The summed E-state index contributed by atoms with van der Waals surface area (Å²) in [6.07, 6.45) is 3.98. The van der Waals surface area contributed by atoms with E-state index in [9.17, 15) is 5.11 Å². The van der Waals surface area contributed by atoms with E-state index in [2.05, 4.69) is 40.5 Å². The number of fused-ring (bicyclic) bond motifs is 1. The number of aromatic nitrogens is 3. The van der Waals surface area contributed by atoms with Gasteiger partial charge in [-0.3, -0.25) is 14.6 Å². The maximum atomic E-state index is 9.76. The summed E-state index contributed by atoms with van der Waals surface area (Å²) < 4.78 is 1.83. The Morgan fingerprint density at radius 3 is 2.83 bits per heavy atom. The minimum atomic E-state index is 0.210. The molecule has 24 heavy (non-hydrogen) atoms. The molecule has 0 aliphatic carbocycles. The highest BCUT2D eigenvalue weighted by molar-refractivity contribution is 5.78. The summed E-state index contributed by atoms with van der Waals surface area (Å²) in [5.74, 6) is 0.596. The highest BCUT2D eigenvalue weighted by atomic mass is 16.3. The van der Waals surface area contributed by atoms with Crippen LogP contribution >= 0.6 is 0 Å². The zero-order valence-electron chi connectivity index (χ0n) is 13.8. The van der Waals surface area contributed by atoms with E-state index in [-0.39, 0.29) is 12.5 Å². The third-order valence-electron chi connectivity index (χ3n) is 4.95. The fraction of sp³-hybridized carbons (Fsp3) is 0.368. The molecule has 0 unspecified atom stereocenters. The van der Waals surface area contributed by atoms with Crippen molar-refractivity contribution >= 4 is 10.9 Å². The van der Waals surface area contributed by atoms with E-state index in [1.807, 2.05) is 30.1 Å². The van der Waals surface area contributed by atoms with Gasteiger partial charge in [0.15, 0.2) is 0 Å². The van der Waals surface area contributed by atoms with Crippen LogP contribution in [0.25, 0.3) is 10.9 Å². The van der Waals surface area contributed by atoms with Crippen molar-refractivity contribution in [2.45, 2.75) is 12.5 Å². The lowest BCUT2D eigenvalue weighted by molar-refractivity contribution is 0.213. The van der Waals surface area contributed by atoms with Gasteiger partial charge >= 0.3 is 0 Å². The van der Waals surface area contributed by atoms with Crippen molar-refractivity contribution in [2.24, 2.45) is 13.0 Å². The number of likely N-dealkylation sites (tertiary alicyclic amines) is 1. The standard InChI is InChI=1S/C19H22N4O/c1-22-9-15(8-20-22)18-12-23(10-16(18)13-24)11-17-7-6-14-4-2-3-5-19(14)21-17/h2-9,16,18,24H,10-13H2,1H3/t16-,18-/m0/s1. The lowest BCUT2D eigenvalue weighted by Crippen LogP contribution is -2.21. The Morgan fingerprint density at radius 2 is 2.04 bits per heavy atom. The predicted molar refractivity (Wildman–Crippen MR) is 93.5 cm³/mol. The maximum absolute atomic E-state index is 9.76. The van der Waals surface area contributed by atoms with Crippen LogP contribution in [0.2, 0.25) is 0 Å². The van der Waals surface area contributed by atoms with E-state index in [1.54, 1.807) is 0 Å². The molecule has 2 atom stereocenters. The van der Waals surface area contributed by atoms with E-state index in [0.717, 1.165) is 30.8 Å². The minimum Gasteiger partial charge on any atom is -0.396 e. The summed E-state index contributed by atoms with van der Waals surface area (Å²) in [7, 11) is 1.93. The third kappa shape index (κ3) is 2.92. The highest BCUT2D eigenvalue weighted by Crippen LogP contribution is 2.32. The first-order valence-corrected chi connectivity index (χ1v) is 8.39. The average Bonchev–Trinajstić information content (AvgIpc) is 3.20. The largest absolute Gasteiger partial charge is 0.396 e. The highest BCUT2D eigenvalue weighted by Gasteiger charge is 2.34. The summed E-state index contributed by atoms with van der Waals surface area (Å²) in [6, 6.07) is 12.4. The van der Waals surface area contributed by atoms with Crippen LogP contribution in [-0.2, 0) is 13.6 Å². The van der Waals surface area contributed by atoms with Crippen molar-refractivity contribution in [2.75, 3.05) is 19.7 Å². The molecule has 2 aromatic heterocycles. The van der Waals surface area contributed by atoms with Gasteiger partial charge in [-0.2, -0.15) is 5.10 Å². The predicted octanol–water partition coefficient (Wildman–Crippen LogP) is 2.18. The molecule has 1 aliphatic heterocycles. The zero-order chi connectivity index (χ0) is 16.5. The van der Waals surface area contributed by atoms with Crippen molar-refractivity contribution in [1.82, 2.24) is 19.7 Å². The molecule has 1 aromatic carbocycles. The molecule has 0 spiro atoms. The van der Waals surface area contributed by atoms with Crippen LogP contribution < -0.4 is 0 Å². The maximum Gasteiger partial charge on any atom is 0.0705 e. The van der Waals surface area contributed by atoms with Crippen molar-refractivity contribution in [3.63, 3.8) is 0 Å². The van der Waals surface area contributed by atoms with Crippen LogP contribution in [0.1, 0.15) is 17.2 Å². The quantitative estimate of drug-likeness (QED) is 0.800. The van der Waals surface area contributed by atoms with Gasteiger partial charge in [0.25, 0.3) is 0 Å². The second kappa shape index (κ2) is 6.34. The Balaban J connectivity index is 1.52. The molecule has 3 aromatic rings. The van der Waals surface area contributed by atoms with Crippen molar-refractivity contribution < 1.29 is 5.11 Å². The van der Waals surface area contributed by atoms with E-state index in [1.165, 1.54) is 10.9 Å². The number of para-hydroxylation sites is 1. The lowest BCUT2D eigenvalue weighted by Gasteiger charge is -2.15. The van der Waals surface area contributed by atoms with Gasteiger partial charge in [-0.1, -0.05) is 24.3 Å².